The summed E-state index contributed by atoms with van der Waals surface area (Å²) in [6, 6.07) is 10.8. The van der Waals surface area contributed by atoms with E-state index < -0.39 is 0 Å². The minimum Gasteiger partial charge on any atom is -0.0671 e. The summed E-state index contributed by atoms with van der Waals surface area (Å²) in [6.07, 6.45) is 10.8. The molecule has 0 amide bonds. The number of hydrogen-bond acceptors (Lipinski definition) is 0. The predicted molar refractivity (Wildman–Crippen MR) is 107 cm³/mol. The molecule has 1 unspecified atom stereocenters. The van der Waals surface area contributed by atoms with Gasteiger partial charge in [0.2, 0.25) is 0 Å². The van der Waals surface area contributed by atoms with E-state index in [1.807, 2.05) is 0 Å². The molecular formula is C20H32Br2. The summed E-state index contributed by atoms with van der Waals surface area (Å²) in [6.45, 7) is 6.94. The average Bonchev–Trinajstić information content (AvgIpc) is 2.50. The second kappa shape index (κ2) is 10.9. The maximum atomic E-state index is 4.00. The number of hydrogen-bond donors (Lipinski definition) is 0. The number of benzene rings is 1. The van der Waals surface area contributed by atoms with Crippen LogP contribution < -0.4 is 0 Å². The molecule has 0 radical (unpaired) electrons. The second-order valence-corrected chi connectivity index (χ2v) is 10.4. The molecule has 0 aliphatic heterocycles. The van der Waals surface area contributed by atoms with E-state index in [0.717, 1.165) is 5.92 Å². The molecule has 0 heterocycles. The van der Waals surface area contributed by atoms with Gasteiger partial charge in [0.05, 0.1) is 0 Å². The van der Waals surface area contributed by atoms with Crippen LogP contribution in [0.1, 0.15) is 77.7 Å². The Balaban J connectivity index is 2.59. The molecule has 0 N–H and O–H groups in total. The molecule has 0 bridgehead atoms. The first-order valence-electron chi connectivity index (χ1n) is 8.91. The van der Waals surface area contributed by atoms with Crippen molar-refractivity contribution in [1.29, 1.82) is 0 Å². The molecule has 126 valence electrons. The third-order valence-electron chi connectivity index (χ3n) is 4.33. The first-order valence-corrected chi connectivity index (χ1v) is 10.5. The van der Waals surface area contributed by atoms with Crippen molar-refractivity contribution in [1.82, 2.24) is 0 Å². The van der Waals surface area contributed by atoms with Crippen LogP contribution in [0.15, 0.2) is 30.3 Å². The molecular weight excluding hydrogens is 400 g/mol. The van der Waals surface area contributed by atoms with Crippen molar-refractivity contribution in [3.8, 4) is 0 Å². The maximum absolute atomic E-state index is 4.00. The smallest absolute Gasteiger partial charge is 0.0671 e. The number of alkyl halides is 2. The minimum atomic E-state index is -0.0883. The highest BCUT2D eigenvalue weighted by Crippen LogP contribution is 2.49. The van der Waals surface area contributed by atoms with Gasteiger partial charge in [-0.2, -0.15) is 0 Å². The fourth-order valence-corrected chi connectivity index (χ4v) is 4.44. The van der Waals surface area contributed by atoms with Gasteiger partial charge >= 0.3 is 0 Å². The van der Waals surface area contributed by atoms with Gasteiger partial charge in [-0.25, -0.2) is 0 Å². The lowest BCUT2D eigenvalue weighted by molar-refractivity contribution is 0.354. The topological polar surface area (TPSA) is 0 Å². The summed E-state index contributed by atoms with van der Waals surface area (Å²) in [5, 5.41) is 0. The van der Waals surface area contributed by atoms with Crippen molar-refractivity contribution in [2.24, 2.45) is 11.8 Å². The molecule has 1 atom stereocenters. The first-order chi connectivity index (χ1) is 10.5. The maximum Gasteiger partial charge on any atom is 0.108 e. The number of halogens is 2. The normalized spacial score (nSPS) is 13.5. The van der Waals surface area contributed by atoms with E-state index in [4.69, 9.17) is 0 Å². The zero-order chi connectivity index (χ0) is 16.4. The SMILES string of the molecule is CCCCCCCCC(CC(C)C)C(Br)(Br)c1ccccc1. The Morgan fingerprint density at radius 1 is 0.909 bits per heavy atom. The fourth-order valence-electron chi connectivity index (χ4n) is 3.08. The lowest BCUT2D eigenvalue weighted by atomic mass is 9.86. The van der Waals surface area contributed by atoms with Gasteiger partial charge in [0.1, 0.15) is 3.23 Å². The van der Waals surface area contributed by atoms with Gasteiger partial charge in [0, 0.05) is 0 Å². The predicted octanol–water partition coefficient (Wildman–Crippen LogP) is 8.04. The third-order valence-corrected chi connectivity index (χ3v) is 6.54. The summed E-state index contributed by atoms with van der Waals surface area (Å²) in [7, 11) is 0. The van der Waals surface area contributed by atoms with Crippen molar-refractivity contribution in [2.75, 3.05) is 0 Å². The van der Waals surface area contributed by atoms with Gasteiger partial charge in [0.25, 0.3) is 0 Å². The summed E-state index contributed by atoms with van der Waals surface area (Å²) in [5.74, 6) is 1.35. The van der Waals surface area contributed by atoms with Crippen LogP contribution in [0.3, 0.4) is 0 Å². The summed E-state index contributed by atoms with van der Waals surface area (Å²) >= 11 is 7.99. The highest BCUT2D eigenvalue weighted by Gasteiger charge is 2.35. The van der Waals surface area contributed by atoms with Crippen LogP contribution in [0.2, 0.25) is 0 Å². The van der Waals surface area contributed by atoms with E-state index in [2.05, 4.69) is 83.0 Å². The standard InChI is InChI=1S/C20H32Br2/c1-4-5-6-7-8-10-15-19(16-17(2)3)20(21,22)18-13-11-9-12-14-18/h9,11-14,17,19H,4-8,10,15-16H2,1-3H3. The van der Waals surface area contributed by atoms with E-state index in [-0.39, 0.29) is 3.23 Å². The fraction of sp³-hybridized carbons (Fsp3) is 0.700. The van der Waals surface area contributed by atoms with Crippen molar-refractivity contribution in [2.45, 2.75) is 75.4 Å². The van der Waals surface area contributed by atoms with E-state index in [9.17, 15) is 0 Å². The van der Waals surface area contributed by atoms with Crippen LogP contribution in [0.4, 0.5) is 0 Å². The molecule has 0 fully saturated rings. The van der Waals surface area contributed by atoms with Crippen LogP contribution in [-0.2, 0) is 3.23 Å². The average molecular weight is 432 g/mol. The molecule has 22 heavy (non-hydrogen) atoms. The second-order valence-electron chi connectivity index (χ2n) is 6.87. The van der Waals surface area contributed by atoms with Crippen molar-refractivity contribution in [3.05, 3.63) is 35.9 Å². The van der Waals surface area contributed by atoms with Gasteiger partial charge in [-0.05, 0) is 30.2 Å². The molecule has 0 nitrogen and oxygen atoms in total. The minimum absolute atomic E-state index is 0.0883. The van der Waals surface area contributed by atoms with Gasteiger partial charge in [-0.3, -0.25) is 0 Å². The lowest BCUT2D eigenvalue weighted by Crippen LogP contribution is -2.24. The van der Waals surface area contributed by atoms with Gasteiger partial charge in [-0.1, -0.05) is 121 Å². The van der Waals surface area contributed by atoms with Crippen LogP contribution in [0, 0.1) is 11.8 Å². The van der Waals surface area contributed by atoms with Crippen LogP contribution >= 0.6 is 31.9 Å². The molecule has 0 saturated carbocycles. The number of unbranched alkanes of at least 4 members (excludes halogenated alkanes) is 5. The van der Waals surface area contributed by atoms with Gasteiger partial charge in [0.15, 0.2) is 0 Å². The lowest BCUT2D eigenvalue weighted by Gasteiger charge is -2.33. The molecule has 0 saturated heterocycles. The molecule has 0 spiro atoms. The third kappa shape index (κ3) is 7.17. The van der Waals surface area contributed by atoms with Crippen LogP contribution in [0.5, 0.6) is 0 Å². The Hall–Kier alpha value is 0.180. The van der Waals surface area contributed by atoms with Gasteiger partial charge < -0.3 is 0 Å². The zero-order valence-electron chi connectivity index (χ0n) is 14.5. The Labute approximate surface area is 154 Å². The Morgan fingerprint density at radius 2 is 1.50 bits per heavy atom. The first kappa shape index (κ1) is 20.2. The van der Waals surface area contributed by atoms with E-state index >= 15 is 0 Å². The largest absolute Gasteiger partial charge is 0.108 e. The van der Waals surface area contributed by atoms with Crippen LogP contribution in [0.25, 0.3) is 0 Å². The summed E-state index contributed by atoms with van der Waals surface area (Å²) < 4.78 is -0.0883. The molecule has 1 aromatic carbocycles. The Bertz CT molecular complexity index is 384. The molecule has 0 aromatic heterocycles. The quantitative estimate of drug-likeness (QED) is 0.245. The number of rotatable bonds is 11. The summed E-state index contributed by atoms with van der Waals surface area (Å²) in [5.41, 5.74) is 1.34. The van der Waals surface area contributed by atoms with E-state index in [0.29, 0.717) is 5.92 Å². The Kier molecular flexibility index (Phi) is 9.99. The Morgan fingerprint density at radius 3 is 2.09 bits per heavy atom. The van der Waals surface area contributed by atoms with Crippen LogP contribution in [-0.4, -0.2) is 0 Å². The zero-order valence-corrected chi connectivity index (χ0v) is 17.6. The highest BCUT2D eigenvalue weighted by molar-refractivity contribution is 9.24. The van der Waals surface area contributed by atoms with Crippen molar-refractivity contribution >= 4 is 31.9 Å². The molecule has 0 aliphatic carbocycles. The molecule has 1 aromatic rings. The molecule has 2 heteroatoms. The molecule has 0 aliphatic rings. The molecule has 1 rings (SSSR count). The van der Waals surface area contributed by atoms with Crippen molar-refractivity contribution in [3.63, 3.8) is 0 Å². The van der Waals surface area contributed by atoms with E-state index in [1.54, 1.807) is 0 Å². The van der Waals surface area contributed by atoms with E-state index in [1.165, 1.54) is 56.9 Å². The monoisotopic (exact) mass is 430 g/mol. The summed E-state index contributed by atoms with van der Waals surface area (Å²) in [4.78, 5) is 0. The highest BCUT2D eigenvalue weighted by atomic mass is 79.9. The van der Waals surface area contributed by atoms with Crippen molar-refractivity contribution < 1.29 is 0 Å². The van der Waals surface area contributed by atoms with Gasteiger partial charge in [-0.15, -0.1) is 0 Å².